The molecule has 0 aliphatic heterocycles. The molecule has 0 aromatic carbocycles. The van der Waals surface area contributed by atoms with Crippen LogP contribution in [-0.2, 0) is 9.59 Å². The molecule has 0 radical (unpaired) electrons. The Morgan fingerprint density at radius 3 is 1.06 bits per heavy atom. The highest BCUT2D eigenvalue weighted by Gasteiger charge is 1.97. The van der Waals surface area contributed by atoms with Gasteiger partial charge in [-0.05, 0) is 36.0 Å². The number of halogens is 3. The lowest BCUT2D eigenvalue weighted by atomic mass is 10.1. The lowest BCUT2D eigenvalue weighted by Crippen LogP contribution is -1.87. The van der Waals surface area contributed by atoms with Crippen molar-refractivity contribution in [2.45, 2.75) is 64.2 Å². The normalized spacial score (nSPS) is 9.76. The van der Waals surface area contributed by atoms with E-state index in [1.165, 1.54) is 25.7 Å². The Bertz CT molecular complexity index is 186. The first kappa shape index (κ1) is 19.5. The largest absolute Gasteiger partial charge is 0.281 e. The number of unbranched alkanes of at least 4 members (excludes halogenated alkanes) is 7. The summed E-state index contributed by atoms with van der Waals surface area (Å²) in [6, 6.07) is 0. The minimum absolute atomic E-state index is 0. The Morgan fingerprint density at radius 2 is 0.824 bits per heavy atom. The highest BCUT2D eigenvalue weighted by atomic mass is 35.5. The summed E-state index contributed by atoms with van der Waals surface area (Å²) in [4.78, 5) is 20.9. The van der Waals surface area contributed by atoms with Gasteiger partial charge in [0, 0.05) is 12.8 Å². The molecule has 0 N–H and O–H groups in total. The molecule has 2 nitrogen and oxygen atoms in total. The van der Waals surface area contributed by atoms with Crippen molar-refractivity contribution in [1.29, 1.82) is 0 Å². The topological polar surface area (TPSA) is 34.1 Å². The van der Waals surface area contributed by atoms with Crippen LogP contribution >= 0.6 is 35.6 Å². The third-order valence-corrected chi connectivity index (χ3v) is 2.87. The Balaban J connectivity index is 0. The van der Waals surface area contributed by atoms with Crippen LogP contribution in [0.1, 0.15) is 64.2 Å². The van der Waals surface area contributed by atoms with Gasteiger partial charge >= 0.3 is 0 Å². The van der Waals surface area contributed by atoms with Crippen LogP contribution in [-0.4, -0.2) is 10.5 Å². The minimum Gasteiger partial charge on any atom is -0.281 e. The summed E-state index contributed by atoms with van der Waals surface area (Å²) in [5, 5.41) is -0.462. The van der Waals surface area contributed by atoms with Crippen LogP contribution in [0.15, 0.2) is 0 Å². The third kappa shape index (κ3) is 18.8. The summed E-state index contributed by atoms with van der Waals surface area (Å²) in [7, 11) is 0. The number of carbonyl (C=O) groups excluding carboxylic acids is 2. The second kappa shape index (κ2) is 14.3. The van der Waals surface area contributed by atoms with Crippen LogP contribution in [0.3, 0.4) is 0 Å². The van der Waals surface area contributed by atoms with Crippen LogP contribution in [0.2, 0.25) is 0 Å². The molecule has 0 amide bonds. The first-order valence-corrected chi connectivity index (χ1v) is 6.75. The third-order valence-electron chi connectivity index (χ3n) is 2.50. The van der Waals surface area contributed by atoms with Gasteiger partial charge in [0.15, 0.2) is 0 Å². The van der Waals surface area contributed by atoms with Crippen molar-refractivity contribution in [3.05, 3.63) is 0 Å². The van der Waals surface area contributed by atoms with E-state index in [1.807, 2.05) is 0 Å². The van der Waals surface area contributed by atoms with Crippen LogP contribution in [0.4, 0.5) is 0 Å². The molecule has 17 heavy (non-hydrogen) atoms. The van der Waals surface area contributed by atoms with Crippen molar-refractivity contribution < 1.29 is 9.59 Å². The van der Waals surface area contributed by atoms with E-state index >= 15 is 0 Å². The Morgan fingerprint density at radius 1 is 0.588 bits per heavy atom. The second-order valence-electron chi connectivity index (χ2n) is 4.04. The smallest absolute Gasteiger partial charge is 0.221 e. The second-order valence-corrected chi connectivity index (χ2v) is 4.88. The van der Waals surface area contributed by atoms with Crippen molar-refractivity contribution in [3.8, 4) is 0 Å². The van der Waals surface area contributed by atoms with E-state index in [0.29, 0.717) is 12.8 Å². The summed E-state index contributed by atoms with van der Waals surface area (Å²) in [5.74, 6) is 0. The summed E-state index contributed by atoms with van der Waals surface area (Å²) in [5.41, 5.74) is 0. The highest BCUT2D eigenvalue weighted by molar-refractivity contribution is 6.63. The molecule has 0 atom stereocenters. The van der Waals surface area contributed by atoms with Crippen molar-refractivity contribution in [2.75, 3.05) is 0 Å². The molecule has 0 aliphatic carbocycles. The van der Waals surface area contributed by atoms with Gasteiger partial charge in [0.05, 0.1) is 0 Å². The fourth-order valence-electron chi connectivity index (χ4n) is 1.59. The highest BCUT2D eigenvalue weighted by Crippen LogP contribution is 2.11. The van der Waals surface area contributed by atoms with E-state index in [9.17, 15) is 9.59 Å². The van der Waals surface area contributed by atoms with Gasteiger partial charge in [0.2, 0.25) is 10.5 Å². The van der Waals surface area contributed by atoms with Crippen LogP contribution in [0.25, 0.3) is 0 Å². The Kier molecular flexibility index (Phi) is 16.4. The summed E-state index contributed by atoms with van der Waals surface area (Å²) >= 11 is 10.4. The van der Waals surface area contributed by atoms with Gasteiger partial charge in [-0.2, -0.15) is 0 Å². The maximum Gasteiger partial charge on any atom is 0.221 e. The number of carbonyl (C=O) groups is 2. The lowest BCUT2D eigenvalue weighted by molar-refractivity contribution is -0.112. The molecular formula is C12H21Cl3O2. The van der Waals surface area contributed by atoms with E-state index < -0.39 is 0 Å². The van der Waals surface area contributed by atoms with E-state index in [2.05, 4.69) is 0 Å². The van der Waals surface area contributed by atoms with Gasteiger partial charge < -0.3 is 0 Å². The molecule has 0 fully saturated rings. The fraction of sp³-hybridized carbons (Fsp3) is 0.833. The number of rotatable bonds is 11. The zero-order chi connectivity index (χ0) is 12.2. The van der Waals surface area contributed by atoms with Crippen molar-refractivity contribution in [1.82, 2.24) is 0 Å². The first-order valence-electron chi connectivity index (χ1n) is 5.99. The average Bonchev–Trinajstić information content (AvgIpc) is 2.20. The Labute approximate surface area is 120 Å². The molecule has 102 valence electrons. The predicted molar refractivity (Wildman–Crippen MR) is 75.1 cm³/mol. The monoisotopic (exact) mass is 302 g/mol. The van der Waals surface area contributed by atoms with Gasteiger partial charge in [-0.1, -0.05) is 38.5 Å². The zero-order valence-electron chi connectivity index (χ0n) is 10.1. The van der Waals surface area contributed by atoms with Gasteiger partial charge in [-0.25, -0.2) is 0 Å². The maximum atomic E-state index is 10.4. The molecule has 5 heteroatoms. The molecule has 0 spiro atoms. The molecule has 0 unspecified atom stereocenters. The standard InChI is InChI=1S/C12H20Cl2O2.ClH/c13-11(15)9-7-5-3-1-2-4-6-8-10-12(14)16;/h1-10H2;1H. The summed E-state index contributed by atoms with van der Waals surface area (Å²) in [6.45, 7) is 0. The van der Waals surface area contributed by atoms with E-state index in [4.69, 9.17) is 23.2 Å². The average molecular weight is 304 g/mol. The summed E-state index contributed by atoms with van der Waals surface area (Å²) < 4.78 is 0. The zero-order valence-corrected chi connectivity index (χ0v) is 12.4. The van der Waals surface area contributed by atoms with Gasteiger partial charge in [0.25, 0.3) is 0 Å². The fourth-order valence-corrected chi connectivity index (χ4v) is 1.86. The number of hydrogen-bond donors (Lipinski definition) is 0. The van der Waals surface area contributed by atoms with Gasteiger partial charge in [0.1, 0.15) is 0 Å². The molecule has 0 saturated carbocycles. The molecule has 0 rings (SSSR count). The summed E-state index contributed by atoms with van der Waals surface area (Å²) in [6.07, 6.45) is 9.70. The molecule has 0 saturated heterocycles. The predicted octanol–water partition coefficient (Wildman–Crippen LogP) is 4.84. The number of hydrogen-bond acceptors (Lipinski definition) is 2. The van der Waals surface area contributed by atoms with E-state index in [-0.39, 0.29) is 22.9 Å². The molecule has 0 heterocycles. The SMILES string of the molecule is Cl.O=C(Cl)CCCCCCCCCCC(=O)Cl. The quantitative estimate of drug-likeness (QED) is 0.404. The van der Waals surface area contributed by atoms with Crippen molar-refractivity contribution in [3.63, 3.8) is 0 Å². The van der Waals surface area contributed by atoms with E-state index in [0.717, 1.165) is 25.7 Å². The molecule has 0 aromatic heterocycles. The molecular weight excluding hydrogens is 282 g/mol. The minimum atomic E-state index is -0.231. The van der Waals surface area contributed by atoms with Gasteiger partial charge in [-0.3, -0.25) is 9.59 Å². The molecule has 0 aliphatic rings. The lowest BCUT2D eigenvalue weighted by Gasteiger charge is -2.00. The maximum absolute atomic E-state index is 10.4. The van der Waals surface area contributed by atoms with Crippen molar-refractivity contribution >= 4 is 46.1 Å². The van der Waals surface area contributed by atoms with E-state index in [1.54, 1.807) is 0 Å². The van der Waals surface area contributed by atoms with Gasteiger partial charge in [-0.15, -0.1) is 12.4 Å². The van der Waals surface area contributed by atoms with Crippen LogP contribution < -0.4 is 0 Å². The molecule has 0 aromatic rings. The Hall–Kier alpha value is 0.210. The molecule has 0 bridgehead atoms. The first-order chi connectivity index (χ1) is 7.63. The van der Waals surface area contributed by atoms with Crippen LogP contribution in [0.5, 0.6) is 0 Å². The van der Waals surface area contributed by atoms with Crippen molar-refractivity contribution in [2.24, 2.45) is 0 Å². The van der Waals surface area contributed by atoms with Crippen LogP contribution in [0, 0.1) is 0 Å².